The van der Waals surface area contributed by atoms with Crippen LogP contribution in [-0.4, -0.2) is 75.6 Å². The van der Waals surface area contributed by atoms with E-state index >= 15 is 0 Å². The molecule has 15 heavy (non-hydrogen) atoms. The Hall–Kier alpha value is -0.200. The lowest BCUT2D eigenvalue weighted by atomic mass is 10.4. The maximum absolute atomic E-state index is 8.52. The number of rotatable bonds is 8. The van der Waals surface area contributed by atoms with E-state index in [-0.39, 0.29) is 6.61 Å². The summed E-state index contributed by atoms with van der Waals surface area (Å²) in [4.78, 5) is 2.41. The first-order valence-corrected chi connectivity index (χ1v) is 5.76. The minimum atomic E-state index is 0.195. The van der Waals surface area contributed by atoms with Gasteiger partial charge in [0.1, 0.15) is 0 Å². The van der Waals surface area contributed by atoms with Crippen LogP contribution in [0, 0.1) is 0 Å². The zero-order valence-corrected chi connectivity index (χ0v) is 9.37. The molecule has 0 amide bonds. The molecule has 0 unspecified atom stereocenters. The van der Waals surface area contributed by atoms with E-state index in [0.717, 1.165) is 52.5 Å². The van der Waals surface area contributed by atoms with E-state index in [1.807, 2.05) is 0 Å². The third-order valence-electron chi connectivity index (χ3n) is 2.47. The predicted octanol–water partition coefficient (Wildman–Crippen LogP) is -1.51. The summed E-state index contributed by atoms with van der Waals surface area (Å²) >= 11 is 0. The summed E-state index contributed by atoms with van der Waals surface area (Å²) in [6.45, 7) is 8.69. The van der Waals surface area contributed by atoms with Crippen LogP contribution in [0.1, 0.15) is 0 Å². The highest BCUT2D eigenvalue weighted by molar-refractivity contribution is 4.66. The summed E-state index contributed by atoms with van der Waals surface area (Å²) in [7, 11) is 0. The number of hydrogen-bond donors (Lipinski definition) is 3. The Kier molecular flexibility index (Phi) is 7.77. The van der Waals surface area contributed by atoms with E-state index < -0.39 is 0 Å². The van der Waals surface area contributed by atoms with Gasteiger partial charge in [0.2, 0.25) is 0 Å². The van der Waals surface area contributed by atoms with Crippen molar-refractivity contribution in [3.05, 3.63) is 0 Å². The van der Waals surface area contributed by atoms with Crippen LogP contribution in [0.4, 0.5) is 0 Å². The largest absolute Gasteiger partial charge is 0.395 e. The van der Waals surface area contributed by atoms with Crippen molar-refractivity contribution in [3.63, 3.8) is 0 Å². The van der Waals surface area contributed by atoms with Crippen molar-refractivity contribution in [1.29, 1.82) is 0 Å². The molecule has 1 aliphatic heterocycles. The molecule has 0 aromatic rings. The summed E-state index contributed by atoms with van der Waals surface area (Å²) in [5, 5.41) is 14.9. The molecule has 1 saturated heterocycles. The summed E-state index contributed by atoms with van der Waals surface area (Å²) < 4.78 is 5.48. The number of ether oxygens (including phenoxy) is 1. The molecule has 0 bridgehead atoms. The van der Waals surface area contributed by atoms with E-state index in [0.29, 0.717) is 6.54 Å². The molecule has 1 heterocycles. The maximum atomic E-state index is 8.52. The summed E-state index contributed by atoms with van der Waals surface area (Å²) in [5.74, 6) is 0. The molecule has 90 valence electrons. The Morgan fingerprint density at radius 3 is 2.73 bits per heavy atom. The Labute approximate surface area is 91.8 Å². The third-order valence-corrected chi connectivity index (χ3v) is 2.47. The molecular weight excluding hydrogens is 194 g/mol. The Bertz CT molecular complexity index is 141. The second kappa shape index (κ2) is 9.06. The summed E-state index contributed by atoms with van der Waals surface area (Å²) in [6, 6.07) is 0. The van der Waals surface area contributed by atoms with Crippen molar-refractivity contribution in [2.75, 3.05) is 65.6 Å². The monoisotopic (exact) mass is 217 g/mol. The van der Waals surface area contributed by atoms with E-state index in [2.05, 4.69) is 15.5 Å². The van der Waals surface area contributed by atoms with Gasteiger partial charge < -0.3 is 20.5 Å². The quantitative estimate of drug-likeness (QED) is 0.432. The van der Waals surface area contributed by atoms with Gasteiger partial charge in [-0.05, 0) is 0 Å². The molecule has 0 radical (unpaired) electrons. The minimum Gasteiger partial charge on any atom is -0.395 e. The lowest BCUT2D eigenvalue weighted by Crippen LogP contribution is -2.44. The average Bonchev–Trinajstić information content (AvgIpc) is 2.29. The topological polar surface area (TPSA) is 56.8 Å². The lowest BCUT2D eigenvalue weighted by molar-refractivity contribution is 0.0999. The first kappa shape index (κ1) is 12.9. The molecule has 0 aliphatic carbocycles. The lowest BCUT2D eigenvalue weighted by Gasteiger charge is -2.26. The molecule has 0 aromatic heterocycles. The van der Waals surface area contributed by atoms with Crippen LogP contribution in [0.5, 0.6) is 0 Å². The van der Waals surface area contributed by atoms with Crippen LogP contribution in [0.3, 0.4) is 0 Å². The Morgan fingerprint density at radius 2 is 2.00 bits per heavy atom. The van der Waals surface area contributed by atoms with Gasteiger partial charge in [0.15, 0.2) is 0 Å². The molecule has 1 aliphatic rings. The van der Waals surface area contributed by atoms with Gasteiger partial charge in [-0.3, -0.25) is 4.90 Å². The third kappa shape index (κ3) is 6.81. The van der Waals surface area contributed by atoms with E-state index in [1.54, 1.807) is 0 Å². The minimum absolute atomic E-state index is 0.195. The molecule has 5 heteroatoms. The summed E-state index contributed by atoms with van der Waals surface area (Å²) in [6.07, 6.45) is 0. The number of piperazine rings is 1. The second-order valence-corrected chi connectivity index (χ2v) is 3.68. The summed E-state index contributed by atoms with van der Waals surface area (Å²) in [5.41, 5.74) is 0. The van der Waals surface area contributed by atoms with Crippen molar-refractivity contribution in [3.8, 4) is 0 Å². The normalized spacial score (nSPS) is 18.2. The van der Waals surface area contributed by atoms with Gasteiger partial charge in [0.25, 0.3) is 0 Å². The molecule has 0 spiro atoms. The zero-order chi connectivity index (χ0) is 10.8. The molecule has 1 fully saturated rings. The van der Waals surface area contributed by atoms with Crippen molar-refractivity contribution >= 4 is 0 Å². The Balaban J connectivity index is 1.79. The maximum Gasteiger partial charge on any atom is 0.0594 e. The number of hydrogen-bond acceptors (Lipinski definition) is 5. The molecule has 0 atom stereocenters. The van der Waals surface area contributed by atoms with E-state index in [1.165, 1.54) is 0 Å². The van der Waals surface area contributed by atoms with Crippen molar-refractivity contribution in [2.24, 2.45) is 0 Å². The van der Waals surface area contributed by atoms with Gasteiger partial charge in [-0.25, -0.2) is 0 Å². The van der Waals surface area contributed by atoms with E-state index in [9.17, 15) is 0 Å². The van der Waals surface area contributed by atoms with Gasteiger partial charge in [-0.15, -0.1) is 0 Å². The fourth-order valence-electron chi connectivity index (χ4n) is 1.58. The highest BCUT2D eigenvalue weighted by Gasteiger charge is 2.07. The first-order chi connectivity index (χ1) is 7.43. The molecule has 1 rings (SSSR count). The van der Waals surface area contributed by atoms with Gasteiger partial charge in [-0.1, -0.05) is 0 Å². The van der Waals surface area contributed by atoms with Crippen LogP contribution in [0.2, 0.25) is 0 Å². The standard InChI is InChI=1S/C10H23N3O2/c14-8-3-12-4-9-15-10-7-13-5-1-11-2-6-13/h11-12,14H,1-10H2. The van der Waals surface area contributed by atoms with Crippen LogP contribution < -0.4 is 10.6 Å². The van der Waals surface area contributed by atoms with Gasteiger partial charge in [0.05, 0.1) is 19.8 Å². The van der Waals surface area contributed by atoms with Crippen LogP contribution in [-0.2, 0) is 4.74 Å². The highest BCUT2D eigenvalue weighted by atomic mass is 16.5. The molecule has 3 N–H and O–H groups in total. The first-order valence-electron chi connectivity index (χ1n) is 5.76. The zero-order valence-electron chi connectivity index (χ0n) is 9.37. The number of aliphatic hydroxyl groups is 1. The fraction of sp³-hybridized carbons (Fsp3) is 1.00. The van der Waals surface area contributed by atoms with Crippen molar-refractivity contribution in [1.82, 2.24) is 15.5 Å². The average molecular weight is 217 g/mol. The number of nitrogens with one attached hydrogen (secondary N) is 2. The second-order valence-electron chi connectivity index (χ2n) is 3.68. The van der Waals surface area contributed by atoms with Gasteiger partial charge in [-0.2, -0.15) is 0 Å². The van der Waals surface area contributed by atoms with Crippen LogP contribution in [0.25, 0.3) is 0 Å². The number of nitrogens with zero attached hydrogens (tertiary/aromatic N) is 1. The molecule has 5 nitrogen and oxygen atoms in total. The van der Waals surface area contributed by atoms with Crippen molar-refractivity contribution < 1.29 is 9.84 Å². The fourth-order valence-corrected chi connectivity index (χ4v) is 1.58. The van der Waals surface area contributed by atoms with Crippen LogP contribution in [0.15, 0.2) is 0 Å². The van der Waals surface area contributed by atoms with Crippen LogP contribution >= 0.6 is 0 Å². The number of aliphatic hydroxyl groups excluding tert-OH is 1. The SMILES string of the molecule is OCCNCCOCCN1CCNCC1. The highest BCUT2D eigenvalue weighted by Crippen LogP contribution is 1.91. The van der Waals surface area contributed by atoms with E-state index in [4.69, 9.17) is 9.84 Å². The molecule has 0 saturated carbocycles. The molecular formula is C10H23N3O2. The van der Waals surface area contributed by atoms with Crippen molar-refractivity contribution in [2.45, 2.75) is 0 Å². The van der Waals surface area contributed by atoms with Gasteiger partial charge >= 0.3 is 0 Å². The molecule has 0 aromatic carbocycles. The Morgan fingerprint density at radius 1 is 1.20 bits per heavy atom. The van der Waals surface area contributed by atoms with Gasteiger partial charge in [0, 0.05) is 45.8 Å². The smallest absolute Gasteiger partial charge is 0.0594 e. The predicted molar refractivity (Wildman–Crippen MR) is 60.1 cm³/mol.